The van der Waals surface area contributed by atoms with E-state index in [1.165, 1.54) is 16.4 Å². The van der Waals surface area contributed by atoms with Crippen molar-refractivity contribution in [2.45, 2.75) is 30.3 Å². The Balaban J connectivity index is 1.56. The van der Waals surface area contributed by atoms with E-state index in [0.29, 0.717) is 24.5 Å². The number of hydrogen-bond donors (Lipinski definition) is 1. The summed E-state index contributed by atoms with van der Waals surface area (Å²) in [5, 5.41) is 3.38. The third kappa shape index (κ3) is 5.21. The van der Waals surface area contributed by atoms with Crippen LogP contribution in [-0.2, 0) is 27.8 Å². The van der Waals surface area contributed by atoms with Crippen molar-refractivity contribution in [1.82, 2.24) is 9.62 Å². The van der Waals surface area contributed by atoms with Gasteiger partial charge < -0.3 is 10.1 Å². The zero-order chi connectivity index (χ0) is 23.4. The first kappa shape index (κ1) is 23.3. The zero-order valence-corrected chi connectivity index (χ0v) is 19.8. The molecule has 3 aromatic carbocycles. The molecule has 0 radical (unpaired) electrons. The number of carbonyl (C=O) groups excluding carboxylic acids is 1. The molecule has 6 nitrogen and oxygen atoms in total. The average Bonchev–Trinajstić information content (AvgIpc) is 2.83. The van der Waals surface area contributed by atoms with Crippen molar-refractivity contribution < 1.29 is 17.9 Å². The van der Waals surface area contributed by atoms with Gasteiger partial charge in [-0.05, 0) is 59.5 Å². The van der Waals surface area contributed by atoms with Gasteiger partial charge in [0.15, 0.2) is 0 Å². The first-order valence-corrected chi connectivity index (χ1v) is 12.4. The number of halogens is 1. The van der Waals surface area contributed by atoms with Crippen LogP contribution in [0.3, 0.4) is 0 Å². The minimum atomic E-state index is -3.81. The molecule has 1 unspecified atom stereocenters. The van der Waals surface area contributed by atoms with E-state index in [0.717, 1.165) is 22.4 Å². The zero-order valence-electron chi connectivity index (χ0n) is 18.2. The summed E-state index contributed by atoms with van der Waals surface area (Å²) in [6.07, 6.45) is 0.618. The molecule has 1 heterocycles. The lowest BCUT2D eigenvalue weighted by molar-refractivity contribution is -0.122. The molecule has 0 saturated carbocycles. The van der Waals surface area contributed by atoms with Crippen molar-refractivity contribution in [1.29, 1.82) is 0 Å². The van der Waals surface area contributed by atoms with Gasteiger partial charge >= 0.3 is 0 Å². The van der Waals surface area contributed by atoms with E-state index in [4.69, 9.17) is 16.3 Å². The molecule has 0 bridgehead atoms. The maximum absolute atomic E-state index is 13.5. The molecule has 0 aromatic heterocycles. The summed E-state index contributed by atoms with van der Waals surface area (Å²) >= 11 is 5.95. The number of nitrogens with zero attached hydrogens (tertiary/aromatic N) is 1. The molecular formula is C25H25ClN2O4S. The Morgan fingerprint density at radius 1 is 1.06 bits per heavy atom. The highest BCUT2D eigenvalue weighted by atomic mass is 35.5. The molecule has 0 spiro atoms. The number of sulfonamides is 1. The van der Waals surface area contributed by atoms with E-state index in [2.05, 4.69) is 5.32 Å². The highest BCUT2D eigenvalue weighted by Gasteiger charge is 2.37. The van der Waals surface area contributed by atoms with Gasteiger partial charge in [0.05, 0.1) is 18.0 Å². The number of amides is 1. The fourth-order valence-corrected chi connectivity index (χ4v) is 5.79. The van der Waals surface area contributed by atoms with E-state index in [-0.39, 0.29) is 17.2 Å². The quantitative estimate of drug-likeness (QED) is 0.541. The van der Waals surface area contributed by atoms with Crippen molar-refractivity contribution in [3.8, 4) is 5.75 Å². The second-order valence-electron chi connectivity index (χ2n) is 7.86. The molecule has 0 aliphatic carbocycles. The van der Waals surface area contributed by atoms with Gasteiger partial charge in [0.2, 0.25) is 15.9 Å². The summed E-state index contributed by atoms with van der Waals surface area (Å²) in [4.78, 5) is 13.1. The van der Waals surface area contributed by atoms with Gasteiger partial charge in [-0.3, -0.25) is 4.79 Å². The molecule has 1 atom stereocenters. The first-order valence-electron chi connectivity index (χ1n) is 10.6. The molecule has 4 rings (SSSR count). The standard InChI is InChI=1S/C25H25ClN2O4S/c1-32-21-10-6-18(7-11-21)17-27-25(29)16-24-23-5-3-2-4-19(23)14-15-28(24)33(30,31)22-12-8-20(26)9-13-22/h2-13,24H,14-17H2,1H3,(H,27,29). The normalized spacial score (nSPS) is 16.1. The molecule has 0 saturated heterocycles. The van der Waals surface area contributed by atoms with Crippen LogP contribution in [0.4, 0.5) is 0 Å². The summed E-state index contributed by atoms with van der Waals surface area (Å²) in [5.74, 6) is 0.524. The molecule has 172 valence electrons. The van der Waals surface area contributed by atoms with E-state index in [9.17, 15) is 13.2 Å². The van der Waals surface area contributed by atoms with Gasteiger partial charge in [-0.15, -0.1) is 0 Å². The van der Waals surface area contributed by atoms with Crippen LogP contribution in [0.1, 0.15) is 29.2 Å². The maximum Gasteiger partial charge on any atom is 0.243 e. The van der Waals surface area contributed by atoms with Gasteiger partial charge in [0, 0.05) is 24.5 Å². The predicted octanol–water partition coefficient (Wildman–Crippen LogP) is 4.34. The third-order valence-electron chi connectivity index (χ3n) is 5.81. The molecule has 0 fully saturated rings. The Morgan fingerprint density at radius 3 is 2.45 bits per heavy atom. The fourth-order valence-electron chi connectivity index (χ4n) is 4.06. The van der Waals surface area contributed by atoms with Crippen LogP contribution in [0, 0.1) is 0 Å². The van der Waals surface area contributed by atoms with Crippen molar-refractivity contribution in [3.05, 3.63) is 94.5 Å². The molecule has 1 N–H and O–H groups in total. The van der Waals surface area contributed by atoms with E-state index < -0.39 is 16.1 Å². The minimum absolute atomic E-state index is 0.0278. The summed E-state index contributed by atoms with van der Waals surface area (Å²) in [7, 11) is -2.21. The lowest BCUT2D eigenvalue weighted by Gasteiger charge is -2.36. The summed E-state index contributed by atoms with van der Waals surface area (Å²) in [5.41, 5.74) is 2.85. The predicted molar refractivity (Wildman–Crippen MR) is 128 cm³/mol. The lowest BCUT2D eigenvalue weighted by atomic mass is 9.92. The van der Waals surface area contributed by atoms with Gasteiger partial charge in [0.25, 0.3) is 0 Å². The molecule has 8 heteroatoms. The second-order valence-corrected chi connectivity index (χ2v) is 10.2. The molecule has 1 aliphatic heterocycles. The number of ether oxygens (including phenoxy) is 1. The van der Waals surface area contributed by atoms with E-state index in [1.807, 2.05) is 48.5 Å². The SMILES string of the molecule is COc1ccc(CNC(=O)CC2c3ccccc3CCN2S(=O)(=O)c2ccc(Cl)cc2)cc1. The molecular weight excluding hydrogens is 460 g/mol. The molecule has 33 heavy (non-hydrogen) atoms. The first-order chi connectivity index (χ1) is 15.9. The number of nitrogens with one attached hydrogen (secondary N) is 1. The van der Waals surface area contributed by atoms with Crippen molar-refractivity contribution >= 4 is 27.5 Å². The van der Waals surface area contributed by atoms with Gasteiger partial charge in [0.1, 0.15) is 5.75 Å². The van der Waals surface area contributed by atoms with Gasteiger partial charge in [-0.2, -0.15) is 4.31 Å². The fraction of sp³-hybridized carbons (Fsp3) is 0.240. The van der Waals surface area contributed by atoms with Crippen LogP contribution in [-0.4, -0.2) is 32.3 Å². The minimum Gasteiger partial charge on any atom is -0.497 e. The monoisotopic (exact) mass is 484 g/mol. The number of rotatable bonds is 7. The van der Waals surface area contributed by atoms with E-state index >= 15 is 0 Å². The summed E-state index contributed by atoms with van der Waals surface area (Å²) in [6.45, 7) is 0.652. The van der Waals surface area contributed by atoms with Crippen LogP contribution in [0.2, 0.25) is 5.02 Å². The van der Waals surface area contributed by atoms with Crippen molar-refractivity contribution in [2.24, 2.45) is 0 Å². The number of methoxy groups -OCH3 is 1. The van der Waals surface area contributed by atoms with Crippen LogP contribution in [0.5, 0.6) is 5.75 Å². The molecule has 3 aromatic rings. The smallest absolute Gasteiger partial charge is 0.243 e. The van der Waals surface area contributed by atoms with Crippen molar-refractivity contribution in [3.63, 3.8) is 0 Å². The Hall–Kier alpha value is -2.87. The average molecular weight is 485 g/mol. The molecule has 1 amide bonds. The van der Waals surface area contributed by atoms with Crippen LogP contribution < -0.4 is 10.1 Å². The van der Waals surface area contributed by atoms with Crippen LogP contribution >= 0.6 is 11.6 Å². The molecule has 1 aliphatic rings. The highest BCUT2D eigenvalue weighted by Crippen LogP contribution is 2.36. The maximum atomic E-state index is 13.5. The van der Waals surface area contributed by atoms with E-state index in [1.54, 1.807) is 19.2 Å². The Kier molecular flexibility index (Phi) is 7.02. The number of benzene rings is 3. The number of hydrogen-bond acceptors (Lipinski definition) is 4. The number of carbonyl (C=O) groups is 1. The Labute approximate surface area is 199 Å². The topological polar surface area (TPSA) is 75.7 Å². The van der Waals surface area contributed by atoms with Crippen LogP contribution in [0.15, 0.2) is 77.7 Å². The largest absolute Gasteiger partial charge is 0.497 e. The van der Waals surface area contributed by atoms with Gasteiger partial charge in [-0.1, -0.05) is 48.0 Å². The van der Waals surface area contributed by atoms with Gasteiger partial charge in [-0.25, -0.2) is 8.42 Å². The number of fused-ring (bicyclic) bond motifs is 1. The Morgan fingerprint density at radius 2 is 1.76 bits per heavy atom. The Bertz CT molecular complexity index is 1230. The summed E-state index contributed by atoms with van der Waals surface area (Å²) < 4.78 is 33.6. The lowest BCUT2D eigenvalue weighted by Crippen LogP contribution is -2.42. The highest BCUT2D eigenvalue weighted by molar-refractivity contribution is 7.89. The van der Waals surface area contributed by atoms with Crippen molar-refractivity contribution in [2.75, 3.05) is 13.7 Å². The second kappa shape index (κ2) is 9.95. The van der Waals surface area contributed by atoms with Crippen LogP contribution in [0.25, 0.3) is 0 Å². The third-order valence-corrected chi connectivity index (χ3v) is 7.99. The summed E-state index contributed by atoms with van der Waals surface area (Å²) in [6, 6.07) is 20.7.